The molecule has 0 radical (unpaired) electrons. The Bertz CT molecular complexity index is 352. The second-order valence-corrected chi connectivity index (χ2v) is 4.57. The molecule has 1 aromatic carbocycles. The number of rotatable bonds is 2. The molecule has 1 nitrogen and oxygen atoms in total. The van der Waals surface area contributed by atoms with Crippen molar-refractivity contribution in [3.8, 4) is 5.75 Å². The van der Waals surface area contributed by atoms with Crippen molar-refractivity contribution >= 4 is 31.9 Å². The molecule has 6 heteroatoms. The fourth-order valence-corrected chi connectivity index (χ4v) is 1.87. The van der Waals surface area contributed by atoms with Crippen LogP contribution in [0.4, 0.5) is 13.2 Å². The Morgan fingerprint density at radius 1 is 1.33 bits per heavy atom. The number of ether oxygens (including phenoxy) is 1. The summed E-state index contributed by atoms with van der Waals surface area (Å²) in [5, 5.41) is 0. The average molecular weight is 348 g/mol. The van der Waals surface area contributed by atoms with Crippen LogP contribution in [0.5, 0.6) is 5.75 Å². The molecule has 15 heavy (non-hydrogen) atoms. The largest absolute Gasteiger partial charge is 0.496 e. The van der Waals surface area contributed by atoms with Gasteiger partial charge in [0, 0.05) is 0 Å². The molecule has 0 saturated heterocycles. The van der Waals surface area contributed by atoms with E-state index in [0.717, 1.165) is 0 Å². The van der Waals surface area contributed by atoms with Crippen molar-refractivity contribution in [2.45, 2.75) is 11.0 Å². The number of halogens is 5. The Hall–Kier alpha value is -0.230. The quantitative estimate of drug-likeness (QED) is 0.718. The van der Waals surface area contributed by atoms with Gasteiger partial charge in [-0.15, -0.1) is 0 Å². The van der Waals surface area contributed by atoms with Gasteiger partial charge in [0.05, 0.1) is 11.6 Å². The number of alkyl halides is 4. The van der Waals surface area contributed by atoms with Gasteiger partial charge < -0.3 is 4.74 Å². The summed E-state index contributed by atoms with van der Waals surface area (Å²) in [4.78, 5) is -1.66. The Morgan fingerprint density at radius 2 is 1.93 bits per heavy atom. The summed E-state index contributed by atoms with van der Waals surface area (Å²) in [6.45, 7) is 0. The Kier molecular flexibility index (Phi) is 4.06. The average Bonchev–Trinajstić information content (AvgIpc) is 2.15. The maximum absolute atomic E-state index is 12.4. The van der Waals surface area contributed by atoms with Crippen molar-refractivity contribution < 1.29 is 17.9 Å². The molecule has 0 amide bonds. The summed E-state index contributed by atoms with van der Waals surface area (Å²) in [6, 6.07) is 4.24. The molecule has 0 aliphatic carbocycles. The van der Waals surface area contributed by atoms with Gasteiger partial charge in [0.2, 0.25) is 0 Å². The predicted octanol–water partition coefficient (Wildman–Crippen LogP) is 4.46. The number of benzene rings is 1. The maximum atomic E-state index is 12.4. The second kappa shape index (κ2) is 4.74. The second-order valence-electron chi connectivity index (χ2n) is 2.80. The summed E-state index contributed by atoms with van der Waals surface area (Å²) < 4.78 is 42.5. The van der Waals surface area contributed by atoms with Crippen LogP contribution in [0.1, 0.15) is 10.4 Å². The van der Waals surface area contributed by atoms with E-state index < -0.39 is 11.0 Å². The Morgan fingerprint density at radius 3 is 2.33 bits per heavy atom. The monoisotopic (exact) mass is 346 g/mol. The molecule has 1 aromatic rings. The number of methoxy groups -OCH3 is 1. The summed E-state index contributed by atoms with van der Waals surface area (Å²) in [6.07, 6.45) is -4.30. The first-order valence-corrected chi connectivity index (χ1v) is 5.61. The van der Waals surface area contributed by atoms with Crippen molar-refractivity contribution in [3.05, 3.63) is 28.2 Å². The van der Waals surface area contributed by atoms with Crippen LogP contribution >= 0.6 is 31.9 Å². The highest BCUT2D eigenvalue weighted by atomic mass is 79.9. The Labute approximate surface area is 102 Å². The maximum Gasteiger partial charge on any atom is 0.405 e. The molecule has 0 spiro atoms. The van der Waals surface area contributed by atoms with Crippen LogP contribution in [0, 0.1) is 0 Å². The molecule has 0 aliphatic rings. The molecule has 0 heterocycles. The van der Waals surface area contributed by atoms with Crippen LogP contribution in [0.15, 0.2) is 22.7 Å². The molecule has 0 saturated carbocycles. The van der Waals surface area contributed by atoms with Crippen LogP contribution < -0.4 is 4.74 Å². The summed E-state index contributed by atoms with van der Waals surface area (Å²) in [5.41, 5.74) is 0.134. The highest BCUT2D eigenvalue weighted by Gasteiger charge is 2.38. The van der Waals surface area contributed by atoms with Gasteiger partial charge in [-0.05, 0) is 33.6 Å². The third-order valence-electron chi connectivity index (χ3n) is 1.76. The van der Waals surface area contributed by atoms with Crippen molar-refractivity contribution in [2.75, 3.05) is 7.11 Å². The van der Waals surface area contributed by atoms with Gasteiger partial charge in [0.25, 0.3) is 0 Å². The van der Waals surface area contributed by atoms with Crippen molar-refractivity contribution in [2.24, 2.45) is 0 Å². The molecule has 0 aliphatic heterocycles. The van der Waals surface area contributed by atoms with Crippen molar-refractivity contribution in [3.63, 3.8) is 0 Å². The van der Waals surface area contributed by atoms with Gasteiger partial charge in [-0.3, -0.25) is 0 Å². The standard InChI is InChI=1S/C9H7Br2F3O/c1-15-7-3-2-5(4-6(7)10)8(11)9(12,13)14/h2-4,8H,1H3. The molecule has 84 valence electrons. The van der Waals surface area contributed by atoms with Gasteiger partial charge >= 0.3 is 6.18 Å². The van der Waals surface area contributed by atoms with Crippen LogP contribution in [0.3, 0.4) is 0 Å². The van der Waals surface area contributed by atoms with Gasteiger partial charge in [-0.2, -0.15) is 13.2 Å². The van der Waals surface area contributed by atoms with E-state index >= 15 is 0 Å². The van der Waals surface area contributed by atoms with Crippen LogP contribution in [0.25, 0.3) is 0 Å². The molecule has 1 unspecified atom stereocenters. The molecule has 1 atom stereocenters. The first-order valence-electron chi connectivity index (χ1n) is 3.90. The number of hydrogen-bond donors (Lipinski definition) is 0. The minimum absolute atomic E-state index is 0.134. The van der Waals surface area contributed by atoms with E-state index in [2.05, 4.69) is 31.9 Å². The summed E-state index contributed by atoms with van der Waals surface area (Å²) in [5.74, 6) is 0.501. The number of hydrogen-bond acceptors (Lipinski definition) is 1. The van der Waals surface area contributed by atoms with Gasteiger partial charge in [0.15, 0.2) is 0 Å². The smallest absolute Gasteiger partial charge is 0.405 e. The van der Waals surface area contributed by atoms with Gasteiger partial charge in [0.1, 0.15) is 10.6 Å². The molecular weight excluding hydrogens is 341 g/mol. The highest BCUT2D eigenvalue weighted by Crippen LogP contribution is 2.41. The third-order valence-corrected chi connectivity index (χ3v) is 3.42. The SMILES string of the molecule is COc1ccc(C(Br)C(F)(F)F)cc1Br. The molecule has 1 rings (SSSR count). The first kappa shape index (κ1) is 12.8. The van der Waals surface area contributed by atoms with Crippen LogP contribution in [-0.4, -0.2) is 13.3 Å². The van der Waals surface area contributed by atoms with Crippen molar-refractivity contribution in [1.82, 2.24) is 0 Å². The lowest BCUT2D eigenvalue weighted by molar-refractivity contribution is -0.128. The summed E-state index contributed by atoms with van der Waals surface area (Å²) >= 11 is 5.73. The molecule has 0 N–H and O–H groups in total. The minimum Gasteiger partial charge on any atom is -0.496 e. The molecule has 0 bridgehead atoms. The zero-order valence-corrected chi connectivity index (χ0v) is 10.8. The predicted molar refractivity (Wildman–Crippen MR) is 58.4 cm³/mol. The lowest BCUT2D eigenvalue weighted by atomic mass is 10.1. The minimum atomic E-state index is -4.30. The third kappa shape index (κ3) is 3.11. The van der Waals surface area contributed by atoms with E-state index in [9.17, 15) is 13.2 Å². The van der Waals surface area contributed by atoms with E-state index in [1.807, 2.05) is 0 Å². The lowest BCUT2D eigenvalue weighted by Gasteiger charge is -2.15. The van der Waals surface area contributed by atoms with E-state index in [1.165, 1.54) is 25.3 Å². The lowest BCUT2D eigenvalue weighted by Crippen LogP contribution is -2.15. The van der Waals surface area contributed by atoms with E-state index in [4.69, 9.17) is 4.74 Å². The fourth-order valence-electron chi connectivity index (χ4n) is 1.03. The Balaban J connectivity index is 3.02. The molecule has 0 fully saturated rings. The van der Waals surface area contributed by atoms with Crippen LogP contribution in [-0.2, 0) is 0 Å². The highest BCUT2D eigenvalue weighted by molar-refractivity contribution is 9.10. The first-order chi connectivity index (χ1) is 6.86. The normalized spacial score (nSPS) is 13.7. The zero-order valence-electron chi connectivity index (χ0n) is 7.61. The van der Waals surface area contributed by atoms with Crippen LogP contribution in [0.2, 0.25) is 0 Å². The summed E-state index contributed by atoms with van der Waals surface area (Å²) in [7, 11) is 1.45. The van der Waals surface area contributed by atoms with E-state index in [0.29, 0.717) is 10.2 Å². The topological polar surface area (TPSA) is 9.23 Å². The van der Waals surface area contributed by atoms with E-state index in [1.54, 1.807) is 0 Å². The molecule has 0 aromatic heterocycles. The van der Waals surface area contributed by atoms with E-state index in [-0.39, 0.29) is 5.56 Å². The van der Waals surface area contributed by atoms with Gasteiger partial charge in [-0.25, -0.2) is 0 Å². The fraction of sp³-hybridized carbons (Fsp3) is 0.333. The molecular formula is C9H7Br2F3O. The van der Waals surface area contributed by atoms with Crippen molar-refractivity contribution in [1.29, 1.82) is 0 Å². The zero-order chi connectivity index (χ0) is 11.6. The van der Waals surface area contributed by atoms with Gasteiger partial charge in [-0.1, -0.05) is 22.0 Å².